The van der Waals surface area contributed by atoms with Gasteiger partial charge in [-0.2, -0.15) is 0 Å². The topological polar surface area (TPSA) is 76.7 Å². The van der Waals surface area contributed by atoms with Crippen molar-refractivity contribution in [2.45, 2.75) is 6.42 Å². The second-order valence-electron chi connectivity index (χ2n) is 5.05. The van der Waals surface area contributed by atoms with Gasteiger partial charge in [0.1, 0.15) is 11.5 Å². The van der Waals surface area contributed by atoms with Gasteiger partial charge in [0.15, 0.2) is 6.61 Å². The molecule has 0 fully saturated rings. The van der Waals surface area contributed by atoms with Crippen LogP contribution in [0.2, 0.25) is 0 Å². The Hall–Kier alpha value is -3.02. The Balaban J connectivity index is 1.50. The fourth-order valence-electron chi connectivity index (χ4n) is 2.23. The van der Waals surface area contributed by atoms with E-state index in [9.17, 15) is 9.59 Å². The van der Waals surface area contributed by atoms with Crippen molar-refractivity contribution >= 4 is 17.7 Å². The van der Waals surface area contributed by atoms with Gasteiger partial charge < -0.3 is 20.1 Å². The van der Waals surface area contributed by atoms with Gasteiger partial charge in [-0.25, -0.2) is 4.79 Å². The van der Waals surface area contributed by atoms with Crippen LogP contribution in [0.3, 0.4) is 0 Å². The average Bonchev–Trinajstić information content (AvgIpc) is 2.55. The maximum absolute atomic E-state index is 11.7. The molecule has 0 aliphatic carbocycles. The second-order valence-corrected chi connectivity index (χ2v) is 5.05. The first-order chi connectivity index (χ1) is 11.2. The number of fused-ring (bicyclic) bond motifs is 1. The zero-order valence-corrected chi connectivity index (χ0v) is 12.4. The average molecular weight is 312 g/mol. The summed E-state index contributed by atoms with van der Waals surface area (Å²) in [5, 5.41) is 5.44. The fraction of sp³-hybridized carbons (Fsp3) is 0.176. The van der Waals surface area contributed by atoms with Crippen molar-refractivity contribution in [2.75, 3.05) is 18.5 Å². The minimum atomic E-state index is -0.495. The lowest BCUT2D eigenvalue weighted by atomic mass is 10.1. The molecule has 0 atom stereocenters. The van der Waals surface area contributed by atoms with Crippen LogP contribution in [0.15, 0.2) is 48.5 Å². The van der Waals surface area contributed by atoms with Crippen LogP contribution in [0.25, 0.3) is 0 Å². The molecular weight excluding hydrogens is 296 g/mol. The summed E-state index contributed by atoms with van der Waals surface area (Å²) in [6, 6.07) is 14.4. The number of nitrogens with one attached hydrogen (secondary N) is 2. The molecule has 6 nitrogen and oxygen atoms in total. The van der Waals surface area contributed by atoms with E-state index in [2.05, 4.69) is 10.6 Å². The molecule has 0 radical (unpaired) electrons. The van der Waals surface area contributed by atoms with Crippen molar-refractivity contribution in [1.82, 2.24) is 5.32 Å². The molecule has 0 saturated heterocycles. The summed E-state index contributed by atoms with van der Waals surface area (Å²) in [5.74, 6) is 0.989. The first-order valence-electron chi connectivity index (χ1n) is 7.27. The summed E-state index contributed by atoms with van der Waals surface area (Å²) in [7, 11) is 0. The third-order valence-electron chi connectivity index (χ3n) is 3.31. The SMILES string of the molecule is O=C1COc2ccc(CCNC(=O)Oc3ccccc3)cc2N1. The molecule has 2 amide bonds. The molecule has 23 heavy (non-hydrogen) atoms. The molecule has 2 aromatic carbocycles. The largest absolute Gasteiger partial charge is 0.482 e. The maximum atomic E-state index is 11.7. The summed E-state index contributed by atoms with van der Waals surface area (Å²) >= 11 is 0. The van der Waals surface area contributed by atoms with Crippen LogP contribution in [0.5, 0.6) is 11.5 Å². The highest BCUT2D eigenvalue weighted by molar-refractivity contribution is 5.95. The Morgan fingerprint density at radius 1 is 1.22 bits per heavy atom. The van der Waals surface area contributed by atoms with E-state index in [4.69, 9.17) is 9.47 Å². The summed E-state index contributed by atoms with van der Waals surface area (Å²) < 4.78 is 10.4. The van der Waals surface area contributed by atoms with Gasteiger partial charge in [0, 0.05) is 6.54 Å². The molecule has 1 heterocycles. The molecule has 2 N–H and O–H groups in total. The van der Waals surface area contributed by atoms with Crippen molar-refractivity contribution in [2.24, 2.45) is 0 Å². The third-order valence-corrected chi connectivity index (χ3v) is 3.31. The number of benzene rings is 2. The van der Waals surface area contributed by atoms with Gasteiger partial charge in [0.2, 0.25) is 0 Å². The lowest BCUT2D eigenvalue weighted by Crippen LogP contribution is -2.29. The zero-order chi connectivity index (χ0) is 16.1. The van der Waals surface area contributed by atoms with E-state index < -0.39 is 6.09 Å². The normalized spacial score (nSPS) is 12.6. The molecule has 1 aliphatic heterocycles. The molecular formula is C17H16N2O4. The van der Waals surface area contributed by atoms with Crippen LogP contribution in [0.4, 0.5) is 10.5 Å². The van der Waals surface area contributed by atoms with Crippen molar-refractivity contribution in [3.05, 3.63) is 54.1 Å². The third kappa shape index (κ3) is 4.00. The number of carbonyl (C=O) groups excluding carboxylic acids is 2. The minimum Gasteiger partial charge on any atom is -0.482 e. The van der Waals surface area contributed by atoms with Crippen LogP contribution >= 0.6 is 0 Å². The quantitative estimate of drug-likeness (QED) is 0.908. The smallest absolute Gasteiger partial charge is 0.412 e. The predicted octanol–water partition coefficient (Wildman–Crippen LogP) is 2.35. The molecule has 0 bridgehead atoms. The highest BCUT2D eigenvalue weighted by atomic mass is 16.6. The van der Waals surface area contributed by atoms with Crippen LogP contribution in [0.1, 0.15) is 5.56 Å². The van der Waals surface area contributed by atoms with Crippen LogP contribution < -0.4 is 20.1 Å². The lowest BCUT2D eigenvalue weighted by molar-refractivity contribution is -0.118. The van der Waals surface area contributed by atoms with E-state index in [1.54, 1.807) is 24.3 Å². The monoisotopic (exact) mass is 312 g/mol. The maximum Gasteiger partial charge on any atom is 0.412 e. The van der Waals surface area contributed by atoms with Gasteiger partial charge in [-0.3, -0.25) is 4.79 Å². The van der Waals surface area contributed by atoms with Gasteiger partial charge in [0.05, 0.1) is 5.69 Å². The summed E-state index contributed by atoms with van der Waals surface area (Å²) in [6.07, 6.45) is 0.123. The predicted molar refractivity (Wildman–Crippen MR) is 84.7 cm³/mol. The zero-order valence-electron chi connectivity index (χ0n) is 12.4. The number of hydrogen-bond donors (Lipinski definition) is 2. The minimum absolute atomic E-state index is 0.0409. The summed E-state index contributed by atoms with van der Waals surface area (Å²) in [4.78, 5) is 23.0. The van der Waals surface area contributed by atoms with Gasteiger partial charge in [-0.05, 0) is 36.2 Å². The van der Waals surface area contributed by atoms with Crippen molar-refractivity contribution in [3.63, 3.8) is 0 Å². The lowest BCUT2D eigenvalue weighted by Gasteiger charge is -2.18. The molecule has 0 aromatic heterocycles. The number of amides is 2. The molecule has 6 heteroatoms. The van der Waals surface area contributed by atoms with E-state index in [1.165, 1.54) is 0 Å². The van der Waals surface area contributed by atoms with Crippen molar-refractivity contribution in [3.8, 4) is 11.5 Å². The molecule has 0 spiro atoms. The van der Waals surface area contributed by atoms with E-state index in [-0.39, 0.29) is 12.5 Å². The highest BCUT2D eigenvalue weighted by Gasteiger charge is 2.15. The van der Waals surface area contributed by atoms with E-state index in [1.807, 2.05) is 24.3 Å². The molecule has 0 unspecified atom stereocenters. The van der Waals surface area contributed by atoms with Crippen LogP contribution in [0, 0.1) is 0 Å². The first-order valence-corrected chi connectivity index (χ1v) is 7.27. The number of anilines is 1. The van der Waals surface area contributed by atoms with Crippen molar-refractivity contribution in [1.29, 1.82) is 0 Å². The molecule has 2 aromatic rings. The first kappa shape index (κ1) is 14.9. The Kier molecular flexibility index (Phi) is 4.42. The standard InChI is InChI=1S/C17H16N2O4/c20-16-11-22-15-7-6-12(10-14(15)19-16)8-9-18-17(21)23-13-4-2-1-3-5-13/h1-7,10H,8-9,11H2,(H,18,21)(H,19,20). The van der Waals surface area contributed by atoms with Crippen LogP contribution in [-0.2, 0) is 11.2 Å². The van der Waals surface area contributed by atoms with Gasteiger partial charge in [0.25, 0.3) is 5.91 Å². The van der Waals surface area contributed by atoms with Gasteiger partial charge in [-0.15, -0.1) is 0 Å². The number of rotatable bonds is 4. The van der Waals surface area contributed by atoms with E-state index >= 15 is 0 Å². The van der Waals surface area contributed by atoms with Crippen molar-refractivity contribution < 1.29 is 19.1 Å². The number of hydrogen-bond acceptors (Lipinski definition) is 4. The van der Waals surface area contributed by atoms with E-state index in [0.29, 0.717) is 30.2 Å². The summed E-state index contributed by atoms with van der Waals surface area (Å²) in [6.45, 7) is 0.471. The fourth-order valence-corrected chi connectivity index (χ4v) is 2.23. The van der Waals surface area contributed by atoms with Gasteiger partial charge in [-0.1, -0.05) is 24.3 Å². The number of carbonyl (C=O) groups is 2. The Bertz CT molecular complexity index is 716. The molecule has 1 aliphatic rings. The summed E-state index contributed by atoms with van der Waals surface area (Å²) in [5.41, 5.74) is 1.64. The molecule has 0 saturated carbocycles. The highest BCUT2D eigenvalue weighted by Crippen LogP contribution is 2.28. The van der Waals surface area contributed by atoms with Crippen LogP contribution in [-0.4, -0.2) is 25.2 Å². The molecule has 118 valence electrons. The Morgan fingerprint density at radius 3 is 2.87 bits per heavy atom. The Morgan fingerprint density at radius 2 is 2.04 bits per heavy atom. The number of para-hydroxylation sites is 1. The number of ether oxygens (including phenoxy) is 2. The van der Waals surface area contributed by atoms with E-state index in [0.717, 1.165) is 5.56 Å². The molecule has 3 rings (SSSR count). The Labute approximate surface area is 133 Å². The second kappa shape index (κ2) is 6.83. The van der Waals surface area contributed by atoms with Gasteiger partial charge >= 0.3 is 6.09 Å².